The first-order valence-electron chi connectivity index (χ1n) is 6.25. The van der Waals surface area contributed by atoms with Crippen molar-refractivity contribution in [3.05, 3.63) is 51.9 Å². The number of hydrogen-bond acceptors (Lipinski definition) is 5. The highest BCUT2D eigenvalue weighted by Crippen LogP contribution is 2.23. The van der Waals surface area contributed by atoms with E-state index in [0.717, 1.165) is 11.8 Å². The molecule has 0 N–H and O–H groups in total. The molecule has 0 atom stereocenters. The minimum absolute atomic E-state index is 0.0294. The van der Waals surface area contributed by atoms with Crippen LogP contribution in [0.15, 0.2) is 46.2 Å². The fourth-order valence-corrected chi connectivity index (χ4v) is 2.67. The number of halogens is 1. The molecule has 1 heterocycles. The van der Waals surface area contributed by atoms with Gasteiger partial charge >= 0.3 is 5.97 Å². The average Bonchev–Trinajstić information content (AvgIpc) is 2.48. The number of thioether (sulfide) groups is 1. The molecule has 0 aliphatic carbocycles. The van der Waals surface area contributed by atoms with E-state index in [4.69, 9.17) is 16.3 Å². The van der Waals surface area contributed by atoms with E-state index in [9.17, 15) is 9.59 Å². The summed E-state index contributed by atoms with van der Waals surface area (Å²) in [5.74, 6) is -0.359. The number of rotatable bonds is 5. The number of aromatic nitrogens is 2. The van der Waals surface area contributed by atoms with E-state index < -0.39 is 0 Å². The average molecular weight is 325 g/mol. The summed E-state index contributed by atoms with van der Waals surface area (Å²) in [6.45, 7) is 2.03. The number of carbonyl (C=O) groups is 1. The van der Waals surface area contributed by atoms with Gasteiger partial charge in [-0.25, -0.2) is 0 Å². The van der Waals surface area contributed by atoms with Crippen molar-refractivity contribution in [2.75, 3.05) is 12.4 Å². The molecule has 1 aromatic heterocycles. The van der Waals surface area contributed by atoms with Gasteiger partial charge in [0.1, 0.15) is 0 Å². The SMILES string of the molecule is CCOC(=O)CSc1c(Cl)cnn(-c2ccccc2)c1=O. The van der Waals surface area contributed by atoms with Crippen LogP contribution in [0.5, 0.6) is 0 Å². The number of carbonyl (C=O) groups excluding carboxylic acids is 1. The fraction of sp³-hybridized carbons (Fsp3) is 0.214. The van der Waals surface area contributed by atoms with Gasteiger partial charge in [-0.1, -0.05) is 29.8 Å². The van der Waals surface area contributed by atoms with Gasteiger partial charge < -0.3 is 4.74 Å². The van der Waals surface area contributed by atoms with Crippen LogP contribution < -0.4 is 5.56 Å². The third-order valence-electron chi connectivity index (χ3n) is 2.53. The Hall–Kier alpha value is -1.79. The lowest BCUT2D eigenvalue weighted by Crippen LogP contribution is -2.23. The van der Waals surface area contributed by atoms with Crippen molar-refractivity contribution in [3.8, 4) is 5.69 Å². The molecule has 0 amide bonds. The van der Waals surface area contributed by atoms with Gasteiger partial charge in [-0.2, -0.15) is 9.78 Å². The van der Waals surface area contributed by atoms with Crippen molar-refractivity contribution in [3.63, 3.8) is 0 Å². The highest BCUT2D eigenvalue weighted by molar-refractivity contribution is 8.00. The maximum Gasteiger partial charge on any atom is 0.316 e. The Morgan fingerprint density at radius 1 is 1.38 bits per heavy atom. The molecular formula is C14H13ClN2O3S. The number of esters is 1. The van der Waals surface area contributed by atoms with Crippen LogP contribution in [0, 0.1) is 0 Å². The molecule has 0 aliphatic heterocycles. The van der Waals surface area contributed by atoms with Gasteiger partial charge in [0.25, 0.3) is 5.56 Å². The third-order valence-corrected chi connectivity index (χ3v) is 3.99. The number of para-hydroxylation sites is 1. The van der Waals surface area contributed by atoms with Crippen LogP contribution in [0.4, 0.5) is 0 Å². The summed E-state index contributed by atoms with van der Waals surface area (Å²) in [6, 6.07) is 9.00. The summed E-state index contributed by atoms with van der Waals surface area (Å²) in [4.78, 5) is 24.1. The number of hydrogen-bond donors (Lipinski definition) is 0. The van der Waals surface area contributed by atoms with E-state index in [1.165, 1.54) is 10.9 Å². The molecule has 21 heavy (non-hydrogen) atoms. The van der Waals surface area contributed by atoms with Gasteiger partial charge in [0.05, 0.1) is 34.2 Å². The molecule has 7 heteroatoms. The molecule has 0 saturated carbocycles. The third kappa shape index (κ3) is 3.86. The first-order valence-corrected chi connectivity index (χ1v) is 7.61. The van der Waals surface area contributed by atoms with Gasteiger partial charge in [-0.05, 0) is 19.1 Å². The fourth-order valence-electron chi connectivity index (χ4n) is 1.64. The predicted molar refractivity (Wildman–Crippen MR) is 82.2 cm³/mol. The maximum absolute atomic E-state index is 12.4. The lowest BCUT2D eigenvalue weighted by atomic mass is 10.3. The number of nitrogens with zero attached hydrogens (tertiary/aromatic N) is 2. The summed E-state index contributed by atoms with van der Waals surface area (Å²) >= 11 is 7.05. The van der Waals surface area contributed by atoms with Gasteiger partial charge in [0.15, 0.2) is 0 Å². The molecular weight excluding hydrogens is 312 g/mol. The lowest BCUT2D eigenvalue weighted by Gasteiger charge is -2.08. The monoisotopic (exact) mass is 324 g/mol. The summed E-state index contributed by atoms with van der Waals surface area (Å²) in [5.41, 5.74) is 0.278. The largest absolute Gasteiger partial charge is 0.465 e. The van der Waals surface area contributed by atoms with E-state index in [1.54, 1.807) is 19.1 Å². The topological polar surface area (TPSA) is 61.2 Å². The molecule has 0 radical (unpaired) electrons. The Balaban J connectivity index is 2.30. The molecule has 2 aromatic rings. The zero-order chi connectivity index (χ0) is 15.2. The molecule has 2 rings (SSSR count). The first-order chi connectivity index (χ1) is 10.1. The van der Waals surface area contributed by atoms with Crippen LogP contribution in [0.3, 0.4) is 0 Å². The molecule has 1 aromatic carbocycles. The van der Waals surface area contributed by atoms with Crippen molar-refractivity contribution >= 4 is 29.3 Å². The molecule has 0 fully saturated rings. The molecule has 110 valence electrons. The molecule has 0 bridgehead atoms. The van der Waals surface area contributed by atoms with Crippen molar-refractivity contribution in [2.45, 2.75) is 11.8 Å². The predicted octanol–water partition coefficient (Wildman–Crippen LogP) is 2.54. The highest BCUT2D eigenvalue weighted by Gasteiger charge is 2.14. The van der Waals surface area contributed by atoms with Crippen molar-refractivity contribution in [1.82, 2.24) is 9.78 Å². The zero-order valence-corrected chi connectivity index (χ0v) is 12.9. The molecule has 0 unspecified atom stereocenters. The summed E-state index contributed by atoms with van der Waals surface area (Å²) in [6.07, 6.45) is 1.39. The lowest BCUT2D eigenvalue weighted by molar-refractivity contribution is -0.139. The Morgan fingerprint density at radius 2 is 2.10 bits per heavy atom. The second-order valence-electron chi connectivity index (χ2n) is 3.97. The smallest absolute Gasteiger partial charge is 0.316 e. The molecule has 0 spiro atoms. The number of ether oxygens (including phenoxy) is 1. The van der Waals surface area contributed by atoms with Crippen LogP contribution in [0.25, 0.3) is 5.69 Å². The van der Waals surface area contributed by atoms with Crippen LogP contribution in [0.2, 0.25) is 5.02 Å². The van der Waals surface area contributed by atoms with E-state index in [2.05, 4.69) is 5.10 Å². The molecule has 5 nitrogen and oxygen atoms in total. The van der Waals surface area contributed by atoms with Crippen molar-refractivity contribution < 1.29 is 9.53 Å². The summed E-state index contributed by atoms with van der Waals surface area (Å²) in [7, 11) is 0. The van der Waals surface area contributed by atoms with Crippen molar-refractivity contribution in [2.24, 2.45) is 0 Å². The van der Waals surface area contributed by atoms with Crippen LogP contribution in [-0.2, 0) is 9.53 Å². The Kier molecular flexibility index (Phi) is 5.41. The second kappa shape index (κ2) is 7.28. The van der Waals surface area contributed by atoms with E-state index in [0.29, 0.717) is 12.3 Å². The zero-order valence-electron chi connectivity index (χ0n) is 11.3. The first kappa shape index (κ1) is 15.6. The van der Waals surface area contributed by atoms with Gasteiger partial charge in [-0.3, -0.25) is 9.59 Å². The van der Waals surface area contributed by atoms with Crippen LogP contribution in [0.1, 0.15) is 6.92 Å². The van der Waals surface area contributed by atoms with Crippen LogP contribution >= 0.6 is 23.4 Å². The highest BCUT2D eigenvalue weighted by atomic mass is 35.5. The van der Waals surface area contributed by atoms with Crippen LogP contribution in [-0.4, -0.2) is 28.1 Å². The Morgan fingerprint density at radius 3 is 2.76 bits per heavy atom. The van der Waals surface area contributed by atoms with E-state index >= 15 is 0 Å². The minimum atomic E-state index is -0.388. The standard InChI is InChI=1S/C14H13ClN2O3S/c1-2-20-12(18)9-21-13-11(15)8-16-17(14(13)19)10-6-4-3-5-7-10/h3-8H,2,9H2,1H3. The minimum Gasteiger partial charge on any atom is -0.465 e. The quantitative estimate of drug-likeness (QED) is 0.625. The summed E-state index contributed by atoms with van der Waals surface area (Å²) in [5, 5.41) is 4.24. The Bertz CT molecular complexity index is 688. The normalized spacial score (nSPS) is 10.4. The van der Waals surface area contributed by atoms with Gasteiger partial charge in [-0.15, -0.1) is 11.8 Å². The number of benzene rings is 1. The maximum atomic E-state index is 12.4. The Labute approximate surface area is 130 Å². The van der Waals surface area contributed by atoms with E-state index in [-0.39, 0.29) is 27.2 Å². The van der Waals surface area contributed by atoms with Crippen molar-refractivity contribution in [1.29, 1.82) is 0 Å². The second-order valence-corrected chi connectivity index (χ2v) is 5.36. The molecule has 0 aliphatic rings. The summed E-state index contributed by atoms with van der Waals surface area (Å²) < 4.78 is 6.08. The van der Waals surface area contributed by atoms with E-state index in [1.807, 2.05) is 18.2 Å². The van der Waals surface area contributed by atoms with Gasteiger partial charge in [0.2, 0.25) is 0 Å². The molecule has 0 saturated heterocycles. The van der Waals surface area contributed by atoms with Gasteiger partial charge in [0, 0.05) is 0 Å².